The smallest absolute Gasteiger partial charge is 0.224 e. The Morgan fingerprint density at radius 3 is 2.83 bits per heavy atom. The molecule has 0 saturated carbocycles. The van der Waals surface area contributed by atoms with Gasteiger partial charge in [-0.3, -0.25) is 4.79 Å². The number of carbonyl (C=O) groups is 1. The molecule has 128 valence electrons. The predicted molar refractivity (Wildman–Crippen MR) is 89.3 cm³/mol. The van der Waals surface area contributed by atoms with Crippen LogP contribution in [-0.4, -0.2) is 49.2 Å². The van der Waals surface area contributed by atoms with Gasteiger partial charge < -0.3 is 15.0 Å². The molecular formula is C17H24ClFN2O2. The molecule has 2 aliphatic rings. The summed E-state index contributed by atoms with van der Waals surface area (Å²) in [6, 6.07) is 6.97. The molecule has 1 amide bonds. The van der Waals surface area contributed by atoms with E-state index in [0.29, 0.717) is 13.0 Å². The van der Waals surface area contributed by atoms with Gasteiger partial charge in [0.05, 0.1) is 13.2 Å². The van der Waals surface area contributed by atoms with Gasteiger partial charge in [0, 0.05) is 31.6 Å². The summed E-state index contributed by atoms with van der Waals surface area (Å²) in [5.74, 6) is -0.0147. The van der Waals surface area contributed by atoms with Gasteiger partial charge in [0.1, 0.15) is 5.82 Å². The highest BCUT2D eigenvalue weighted by molar-refractivity contribution is 5.85. The first-order valence-corrected chi connectivity index (χ1v) is 8.07. The van der Waals surface area contributed by atoms with Crippen molar-refractivity contribution in [1.29, 1.82) is 0 Å². The van der Waals surface area contributed by atoms with Crippen LogP contribution in [0.15, 0.2) is 24.3 Å². The maximum absolute atomic E-state index is 13.0. The maximum Gasteiger partial charge on any atom is 0.224 e. The van der Waals surface area contributed by atoms with Crippen molar-refractivity contribution in [3.8, 4) is 0 Å². The van der Waals surface area contributed by atoms with Crippen molar-refractivity contribution in [3.05, 3.63) is 35.6 Å². The summed E-state index contributed by atoms with van der Waals surface area (Å²) in [5.41, 5.74) is 1.09. The molecule has 3 rings (SSSR count). The van der Waals surface area contributed by atoms with Gasteiger partial charge in [0.2, 0.25) is 5.91 Å². The van der Waals surface area contributed by atoms with E-state index in [0.717, 1.165) is 44.5 Å². The van der Waals surface area contributed by atoms with E-state index in [-0.39, 0.29) is 36.2 Å². The molecule has 2 heterocycles. The van der Waals surface area contributed by atoms with Gasteiger partial charge >= 0.3 is 0 Å². The minimum Gasteiger partial charge on any atom is -0.378 e. The molecule has 0 bridgehead atoms. The number of nitrogens with one attached hydrogen (secondary N) is 1. The second kappa shape index (κ2) is 8.62. The first-order valence-electron chi connectivity index (χ1n) is 8.07. The van der Waals surface area contributed by atoms with E-state index in [1.807, 2.05) is 17.0 Å². The zero-order chi connectivity index (χ0) is 15.4. The molecule has 0 spiro atoms. The van der Waals surface area contributed by atoms with Crippen molar-refractivity contribution >= 4 is 18.3 Å². The first-order chi connectivity index (χ1) is 10.7. The van der Waals surface area contributed by atoms with Gasteiger partial charge in [0.25, 0.3) is 0 Å². The van der Waals surface area contributed by atoms with Crippen LogP contribution in [0.25, 0.3) is 0 Å². The van der Waals surface area contributed by atoms with Crippen molar-refractivity contribution in [1.82, 2.24) is 10.2 Å². The zero-order valence-electron chi connectivity index (χ0n) is 13.2. The standard InChI is InChI=1S/C17H23FN2O2.ClH/c18-14-5-3-13(4-6-14)10-16-2-1-8-20(16)17(21)11-15-12-22-9-7-19-15;/h3-6,15-16,19H,1-2,7-12H2;1H. The normalized spacial score (nSPS) is 24.3. The second-order valence-electron chi connectivity index (χ2n) is 6.14. The number of rotatable bonds is 4. The van der Waals surface area contributed by atoms with Crippen LogP contribution in [-0.2, 0) is 16.0 Å². The van der Waals surface area contributed by atoms with Crippen LogP contribution in [0.5, 0.6) is 0 Å². The number of benzene rings is 1. The Bertz CT molecular complexity index is 506. The van der Waals surface area contributed by atoms with Crippen LogP contribution in [0, 0.1) is 5.82 Å². The Kier molecular flexibility index (Phi) is 6.81. The Hall–Kier alpha value is -1.17. The summed E-state index contributed by atoms with van der Waals surface area (Å²) in [7, 11) is 0. The number of hydrogen-bond acceptors (Lipinski definition) is 3. The molecule has 23 heavy (non-hydrogen) atoms. The Morgan fingerprint density at radius 1 is 1.35 bits per heavy atom. The van der Waals surface area contributed by atoms with E-state index >= 15 is 0 Å². The molecule has 1 aromatic rings. The number of halogens is 2. The average Bonchev–Trinajstić information content (AvgIpc) is 2.99. The third-order valence-corrected chi connectivity index (χ3v) is 4.50. The van der Waals surface area contributed by atoms with Crippen LogP contribution in [0.2, 0.25) is 0 Å². The Morgan fingerprint density at radius 2 is 2.13 bits per heavy atom. The van der Waals surface area contributed by atoms with E-state index in [9.17, 15) is 9.18 Å². The molecule has 6 heteroatoms. The number of nitrogens with zero attached hydrogens (tertiary/aromatic N) is 1. The van der Waals surface area contributed by atoms with E-state index in [1.54, 1.807) is 0 Å². The number of morpholine rings is 1. The lowest BCUT2D eigenvalue weighted by atomic mass is 10.0. The highest BCUT2D eigenvalue weighted by Gasteiger charge is 2.30. The summed E-state index contributed by atoms with van der Waals surface area (Å²) in [6.07, 6.45) is 3.38. The third kappa shape index (κ3) is 4.90. The highest BCUT2D eigenvalue weighted by atomic mass is 35.5. The molecule has 2 aliphatic heterocycles. The summed E-state index contributed by atoms with van der Waals surface area (Å²) in [4.78, 5) is 14.5. The molecule has 2 unspecified atom stereocenters. The van der Waals surface area contributed by atoms with Crippen molar-refractivity contribution < 1.29 is 13.9 Å². The Balaban J connectivity index is 0.00000192. The van der Waals surface area contributed by atoms with Crippen LogP contribution in [0.4, 0.5) is 4.39 Å². The number of ether oxygens (including phenoxy) is 1. The van der Waals surface area contributed by atoms with Gasteiger partial charge in [-0.05, 0) is 37.0 Å². The quantitative estimate of drug-likeness (QED) is 0.911. The van der Waals surface area contributed by atoms with E-state index in [1.165, 1.54) is 12.1 Å². The van der Waals surface area contributed by atoms with Gasteiger partial charge in [-0.15, -0.1) is 12.4 Å². The van der Waals surface area contributed by atoms with E-state index in [4.69, 9.17) is 4.74 Å². The lowest BCUT2D eigenvalue weighted by molar-refractivity contribution is -0.133. The van der Waals surface area contributed by atoms with E-state index in [2.05, 4.69) is 5.32 Å². The molecular weight excluding hydrogens is 319 g/mol. The third-order valence-electron chi connectivity index (χ3n) is 4.50. The SMILES string of the molecule is Cl.O=C(CC1COCCN1)N1CCCC1Cc1ccc(F)cc1. The average molecular weight is 343 g/mol. The monoisotopic (exact) mass is 342 g/mol. The lowest BCUT2D eigenvalue weighted by Crippen LogP contribution is -2.46. The fourth-order valence-corrected chi connectivity index (χ4v) is 3.35. The van der Waals surface area contributed by atoms with Crippen LogP contribution in [0.3, 0.4) is 0 Å². The number of carbonyl (C=O) groups excluding carboxylic acids is 1. The molecule has 0 radical (unpaired) electrons. The van der Waals surface area contributed by atoms with Crippen molar-refractivity contribution in [2.45, 2.75) is 37.8 Å². The fraction of sp³-hybridized carbons (Fsp3) is 0.588. The second-order valence-corrected chi connectivity index (χ2v) is 6.14. The molecule has 2 atom stereocenters. The first kappa shape index (κ1) is 18.2. The summed E-state index contributed by atoms with van der Waals surface area (Å²) in [5, 5.41) is 3.33. The predicted octanol–water partition coefficient (Wildman–Crippen LogP) is 2.16. The van der Waals surface area contributed by atoms with Gasteiger partial charge in [0.15, 0.2) is 0 Å². The summed E-state index contributed by atoms with van der Waals surface area (Å²) < 4.78 is 18.4. The Labute approximate surface area is 142 Å². The molecule has 2 fully saturated rings. The van der Waals surface area contributed by atoms with Crippen molar-refractivity contribution in [2.24, 2.45) is 0 Å². The fourth-order valence-electron chi connectivity index (χ4n) is 3.35. The van der Waals surface area contributed by atoms with Gasteiger partial charge in [-0.25, -0.2) is 4.39 Å². The van der Waals surface area contributed by atoms with E-state index < -0.39 is 0 Å². The number of likely N-dealkylation sites (tertiary alicyclic amines) is 1. The van der Waals surface area contributed by atoms with Crippen LogP contribution < -0.4 is 5.32 Å². The zero-order valence-corrected chi connectivity index (χ0v) is 14.0. The number of hydrogen-bond donors (Lipinski definition) is 1. The molecule has 1 N–H and O–H groups in total. The van der Waals surface area contributed by atoms with Crippen LogP contribution >= 0.6 is 12.4 Å². The minimum atomic E-state index is -0.216. The van der Waals surface area contributed by atoms with Crippen molar-refractivity contribution in [2.75, 3.05) is 26.3 Å². The number of amides is 1. The van der Waals surface area contributed by atoms with Crippen molar-refractivity contribution in [3.63, 3.8) is 0 Å². The molecule has 2 saturated heterocycles. The summed E-state index contributed by atoms with van der Waals surface area (Å²) >= 11 is 0. The largest absolute Gasteiger partial charge is 0.378 e. The highest BCUT2D eigenvalue weighted by Crippen LogP contribution is 2.22. The molecule has 4 nitrogen and oxygen atoms in total. The lowest BCUT2D eigenvalue weighted by Gasteiger charge is -2.29. The van der Waals surface area contributed by atoms with Gasteiger partial charge in [-0.2, -0.15) is 0 Å². The van der Waals surface area contributed by atoms with Gasteiger partial charge in [-0.1, -0.05) is 12.1 Å². The minimum absolute atomic E-state index is 0. The molecule has 0 aromatic heterocycles. The van der Waals surface area contributed by atoms with Crippen LogP contribution in [0.1, 0.15) is 24.8 Å². The maximum atomic E-state index is 13.0. The molecule has 0 aliphatic carbocycles. The topological polar surface area (TPSA) is 41.6 Å². The molecule has 1 aromatic carbocycles. The summed E-state index contributed by atoms with van der Waals surface area (Å²) in [6.45, 7) is 2.99.